The molecule has 3 N–H and O–H groups in total. The van der Waals surface area contributed by atoms with Gasteiger partial charge >= 0.3 is 0 Å². The highest BCUT2D eigenvalue weighted by molar-refractivity contribution is 7.80. The average Bonchev–Trinajstić information content (AvgIpc) is 2.26. The van der Waals surface area contributed by atoms with Gasteiger partial charge in [-0.1, -0.05) is 6.07 Å². The molecule has 0 amide bonds. The molecule has 0 aliphatic heterocycles. The van der Waals surface area contributed by atoms with Gasteiger partial charge in [0.25, 0.3) is 0 Å². The lowest BCUT2D eigenvalue weighted by atomic mass is 10.0. The number of halogens is 1. The highest BCUT2D eigenvalue weighted by Gasteiger charge is 2.17. The van der Waals surface area contributed by atoms with Crippen molar-refractivity contribution in [1.82, 2.24) is 0 Å². The Bertz CT molecular complexity index is 332. The second kappa shape index (κ2) is 5.46. The molecule has 0 bridgehead atoms. The molecule has 0 aromatic heterocycles. The van der Waals surface area contributed by atoms with Crippen molar-refractivity contribution in [1.29, 1.82) is 0 Å². The van der Waals surface area contributed by atoms with Gasteiger partial charge in [-0.3, -0.25) is 0 Å². The molecule has 84 valence electrons. The van der Waals surface area contributed by atoms with Crippen molar-refractivity contribution < 1.29 is 19.7 Å². The molecule has 1 aromatic rings. The molecule has 0 spiro atoms. The lowest BCUT2D eigenvalue weighted by Gasteiger charge is -2.16. The monoisotopic (exact) mass is 232 g/mol. The fourth-order valence-electron chi connectivity index (χ4n) is 1.26. The summed E-state index contributed by atoms with van der Waals surface area (Å²) in [5, 5.41) is 27.7. The predicted molar refractivity (Wildman–Crippen MR) is 57.1 cm³/mol. The third-order valence-corrected chi connectivity index (χ3v) is 2.43. The Hall–Kier alpha value is -0.620. The molecule has 0 heterocycles. The van der Waals surface area contributed by atoms with Crippen LogP contribution in [0.25, 0.3) is 0 Å². The smallest absolute Gasteiger partial charge is 0.123 e. The van der Waals surface area contributed by atoms with Crippen LogP contribution in [0, 0.1) is 5.82 Å². The Labute approximate surface area is 92.6 Å². The van der Waals surface area contributed by atoms with Gasteiger partial charge < -0.3 is 15.3 Å². The first kappa shape index (κ1) is 12.4. The normalized spacial score (nSPS) is 15.0. The summed E-state index contributed by atoms with van der Waals surface area (Å²) in [6.45, 7) is -0.311. The van der Waals surface area contributed by atoms with Crippen LogP contribution in [0.4, 0.5) is 4.39 Å². The van der Waals surface area contributed by atoms with E-state index < -0.39 is 18.0 Å². The maximum atomic E-state index is 13.0. The highest BCUT2D eigenvalue weighted by Crippen LogP contribution is 2.20. The fourth-order valence-corrected chi connectivity index (χ4v) is 1.46. The van der Waals surface area contributed by atoms with E-state index in [1.807, 2.05) is 0 Å². The standard InChI is InChI=1S/C10H13FO3S/c11-8-2-6(4-12)1-7(3-8)10(14)9(13)5-15/h1-3,9-10,12-15H,4-5H2. The van der Waals surface area contributed by atoms with Crippen LogP contribution in [0.2, 0.25) is 0 Å². The van der Waals surface area contributed by atoms with Crippen LogP contribution in [-0.2, 0) is 6.61 Å². The van der Waals surface area contributed by atoms with Gasteiger partial charge in [-0.15, -0.1) is 0 Å². The van der Waals surface area contributed by atoms with Crippen molar-refractivity contribution >= 4 is 12.6 Å². The van der Waals surface area contributed by atoms with Crippen LogP contribution in [0.5, 0.6) is 0 Å². The van der Waals surface area contributed by atoms with Gasteiger partial charge in [0.1, 0.15) is 11.9 Å². The van der Waals surface area contributed by atoms with Crippen molar-refractivity contribution in [2.24, 2.45) is 0 Å². The number of thiol groups is 1. The quantitative estimate of drug-likeness (QED) is 0.576. The maximum Gasteiger partial charge on any atom is 0.123 e. The minimum atomic E-state index is -1.19. The molecule has 2 unspecified atom stereocenters. The summed E-state index contributed by atoms with van der Waals surface area (Å²) in [6, 6.07) is 3.74. The third kappa shape index (κ3) is 3.17. The molecular weight excluding hydrogens is 219 g/mol. The molecule has 1 rings (SSSR count). The van der Waals surface area contributed by atoms with Crippen LogP contribution >= 0.6 is 12.6 Å². The minimum absolute atomic E-state index is 0.0755. The van der Waals surface area contributed by atoms with Crippen LogP contribution < -0.4 is 0 Å². The molecule has 0 saturated heterocycles. The fraction of sp³-hybridized carbons (Fsp3) is 0.400. The topological polar surface area (TPSA) is 60.7 Å². The van der Waals surface area contributed by atoms with Gasteiger partial charge in [0.15, 0.2) is 0 Å². The molecule has 0 radical (unpaired) electrons. The Morgan fingerprint density at radius 3 is 2.47 bits per heavy atom. The Balaban J connectivity index is 2.97. The van der Waals surface area contributed by atoms with Crippen molar-refractivity contribution in [3.63, 3.8) is 0 Å². The summed E-state index contributed by atoms with van der Waals surface area (Å²) < 4.78 is 13.0. The predicted octanol–water partition coefficient (Wildman–Crippen LogP) is 0.642. The molecule has 0 aliphatic rings. The first-order chi connectivity index (χ1) is 7.08. The van der Waals surface area contributed by atoms with Crippen LogP contribution in [0.15, 0.2) is 18.2 Å². The van der Waals surface area contributed by atoms with Crippen LogP contribution in [0.1, 0.15) is 17.2 Å². The van der Waals surface area contributed by atoms with E-state index in [2.05, 4.69) is 12.6 Å². The van der Waals surface area contributed by atoms with Gasteiger partial charge in [0.2, 0.25) is 0 Å². The van der Waals surface area contributed by atoms with Gasteiger partial charge in [0.05, 0.1) is 12.7 Å². The van der Waals surface area contributed by atoms with Crippen molar-refractivity contribution in [2.45, 2.75) is 18.8 Å². The zero-order chi connectivity index (χ0) is 11.4. The van der Waals surface area contributed by atoms with Gasteiger partial charge in [-0.25, -0.2) is 4.39 Å². The van der Waals surface area contributed by atoms with Crippen molar-refractivity contribution in [2.75, 3.05) is 5.75 Å². The van der Waals surface area contributed by atoms with E-state index in [1.165, 1.54) is 12.1 Å². The van der Waals surface area contributed by atoms with E-state index in [0.717, 1.165) is 6.07 Å². The number of rotatable bonds is 4. The summed E-state index contributed by atoms with van der Waals surface area (Å²) in [6.07, 6.45) is -2.25. The number of hydrogen-bond acceptors (Lipinski definition) is 4. The second-order valence-corrected chi connectivity index (χ2v) is 3.61. The van der Waals surface area contributed by atoms with Gasteiger partial charge in [-0.05, 0) is 23.3 Å². The van der Waals surface area contributed by atoms with Gasteiger partial charge in [-0.2, -0.15) is 12.6 Å². The lowest BCUT2D eigenvalue weighted by Crippen LogP contribution is -2.20. The Kier molecular flexibility index (Phi) is 4.53. The van der Waals surface area contributed by atoms with E-state index in [1.54, 1.807) is 0 Å². The molecule has 15 heavy (non-hydrogen) atoms. The summed E-state index contributed by atoms with van der Waals surface area (Å²) in [7, 11) is 0. The first-order valence-electron chi connectivity index (χ1n) is 4.45. The zero-order valence-electron chi connectivity index (χ0n) is 7.97. The van der Waals surface area contributed by atoms with E-state index in [-0.39, 0.29) is 17.9 Å². The third-order valence-electron chi connectivity index (χ3n) is 2.06. The molecule has 3 nitrogen and oxygen atoms in total. The van der Waals surface area contributed by atoms with E-state index >= 15 is 0 Å². The number of aliphatic hydroxyl groups excluding tert-OH is 3. The Morgan fingerprint density at radius 1 is 1.27 bits per heavy atom. The minimum Gasteiger partial charge on any atom is -0.392 e. The summed E-state index contributed by atoms with van der Waals surface area (Å²) in [4.78, 5) is 0. The number of benzene rings is 1. The highest BCUT2D eigenvalue weighted by atomic mass is 32.1. The summed E-state index contributed by atoms with van der Waals surface area (Å²) >= 11 is 3.83. The van der Waals surface area contributed by atoms with Crippen molar-refractivity contribution in [3.8, 4) is 0 Å². The van der Waals surface area contributed by atoms with E-state index in [0.29, 0.717) is 5.56 Å². The SMILES string of the molecule is OCc1cc(F)cc(C(O)C(O)CS)c1. The largest absolute Gasteiger partial charge is 0.392 e. The molecule has 1 aromatic carbocycles. The number of hydrogen-bond donors (Lipinski definition) is 4. The molecule has 0 fully saturated rings. The average molecular weight is 232 g/mol. The summed E-state index contributed by atoms with van der Waals surface area (Å²) in [5.41, 5.74) is 0.594. The molecule has 0 saturated carbocycles. The van der Waals surface area contributed by atoms with Crippen LogP contribution in [0.3, 0.4) is 0 Å². The molecule has 2 atom stereocenters. The van der Waals surface area contributed by atoms with Gasteiger partial charge in [0, 0.05) is 5.75 Å². The Morgan fingerprint density at radius 2 is 1.93 bits per heavy atom. The summed E-state index contributed by atoms with van der Waals surface area (Å²) in [5.74, 6) is -0.478. The zero-order valence-corrected chi connectivity index (χ0v) is 8.86. The molecule has 0 aliphatic carbocycles. The van der Waals surface area contributed by atoms with E-state index in [9.17, 15) is 14.6 Å². The first-order valence-corrected chi connectivity index (χ1v) is 5.09. The number of aliphatic hydroxyl groups is 3. The molecular formula is C10H13FO3S. The van der Waals surface area contributed by atoms with Crippen LogP contribution in [-0.4, -0.2) is 27.2 Å². The molecule has 5 heteroatoms. The van der Waals surface area contributed by atoms with E-state index in [4.69, 9.17) is 5.11 Å². The maximum absolute atomic E-state index is 13.0. The van der Waals surface area contributed by atoms with Crippen molar-refractivity contribution in [3.05, 3.63) is 35.1 Å². The lowest BCUT2D eigenvalue weighted by molar-refractivity contribution is 0.0335. The second-order valence-electron chi connectivity index (χ2n) is 3.25.